The molecule has 1 atom stereocenters. The lowest BCUT2D eigenvalue weighted by Gasteiger charge is -2.14. The van der Waals surface area contributed by atoms with Crippen LogP contribution in [0.15, 0.2) is 53.4 Å². The predicted octanol–water partition coefficient (Wildman–Crippen LogP) is 1.92. The van der Waals surface area contributed by atoms with Crippen LogP contribution >= 0.6 is 11.6 Å². The Morgan fingerprint density at radius 1 is 1.07 bits per heavy atom. The number of nitrogens with one attached hydrogen (secondary N) is 2. The van der Waals surface area contributed by atoms with Crippen LogP contribution in [0, 0.1) is 0 Å². The largest absolute Gasteiger partial charge is 0.497 e. The summed E-state index contributed by atoms with van der Waals surface area (Å²) in [6.45, 7) is 1.19. The smallest absolute Gasteiger partial charge is 0.324 e. The summed E-state index contributed by atoms with van der Waals surface area (Å²) in [6.07, 6.45) is 0.598. The number of rotatable bonds is 10. The molecule has 0 aliphatic rings. The molecule has 2 aromatic rings. The van der Waals surface area contributed by atoms with E-state index in [1.165, 1.54) is 31.2 Å². The van der Waals surface area contributed by atoms with E-state index in [0.717, 1.165) is 11.3 Å². The number of carbonyl (C=O) groups excluding carboxylic acids is 2. The molecule has 0 spiro atoms. The van der Waals surface area contributed by atoms with E-state index in [-0.39, 0.29) is 4.90 Å². The first-order valence-electron chi connectivity index (χ1n) is 9.05. The lowest BCUT2D eigenvalue weighted by Crippen LogP contribution is -2.41. The SMILES string of the molecule is COc1ccc(CCNC(=O)COC(=O)[C@H](C)NS(=O)(=O)c2ccc(Cl)cc2)cc1. The fourth-order valence-electron chi connectivity index (χ4n) is 2.41. The fraction of sp³-hybridized carbons (Fsp3) is 0.300. The zero-order chi connectivity index (χ0) is 22.1. The van der Waals surface area contributed by atoms with Gasteiger partial charge in [-0.3, -0.25) is 9.59 Å². The highest BCUT2D eigenvalue weighted by Crippen LogP contribution is 2.14. The molecule has 2 N–H and O–H groups in total. The van der Waals surface area contributed by atoms with E-state index < -0.39 is 34.5 Å². The molecule has 0 heterocycles. The Balaban J connectivity index is 1.74. The Morgan fingerprint density at radius 3 is 2.30 bits per heavy atom. The average Bonchev–Trinajstić information content (AvgIpc) is 2.72. The Kier molecular flexibility index (Phi) is 8.64. The van der Waals surface area contributed by atoms with E-state index in [1.54, 1.807) is 7.11 Å². The molecule has 0 aliphatic carbocycles. The van der Waals surface area contributed by atoms with Crippen LogP contribution < -0.4 is 14.8 Å². The van der Waals surface area contributed by atoms with E-state index in [9.17, 15) is 18.0 Å². The second-order valence-electron chi connectivity index (χ2n) is 6.35. The van der Waals surface area contributed by atoms with Gasteiger partial charge in [-0.05, 0) is 55.3 Å². The van der Waals surface area contributed by atoms with Crippen molar-refractivity contribution in [2.24, 2.45) is 0 Å². The van der Waals surface area contributed by atoms with Gasteiger partial charge in [-0.1, -0.05) is 23.7 Å². The molecule has 30 heavy (non-hydrogen) atoms. The second-order valence-corrected chi connectivity index (χ2v) is 8.50. The van der Waals surface area contributed by atoms with Gasteiger partial charge in [0.05, 0.1) is 12.0 Å². The minimum Gasteiger partial charge on any atom is -0.497 e. The van der Waals surface area contributed by atoms with Crippen molar-refractivity contribution in [3.8, 4) is 5.75 Å². The maximum Gasteiger partial charge on any atom is 0.324 e. The van der Waals surface area contributed by atoms with Crippen molar-refractivity contribution in [2.75, 3.05) is 20.3 Å². The number of hydrogen-bond donors (Lipinski definition) is 2. The predicted molar refractivity (Wildman–Crippen MR) is 112 cm³/mol. The fourth-order valence-corrected chi connectivity index (χ4v) is 3.73. The first-order valence-corrected chi connectivity index (χ1v) is 10.9. The number of ether oxygens (including phenoxy) is 2. The Bertz CT molecular complexity index is 962. The minimum atomic E-state index is -3.93. The van der Waals surface area contributed by atoms with Gasteiger partial charge >= 0.3 is 5.97 Å². The molecule has 1 amide bonds. The molecule has 0 aromatic heterocycles. The molecular formula is C20H23ClN2O6S. The van der Waals surface area contributed by atoms with Crippen LogP contribution in [0.3, 0.4) is 0 Å². The molecule has 0 fully saturated rings. The number of carbonyl (C=O) groups is 2. The third-order valence-electron chi connectivity index (χ3n) is 4.05. The second kappa shape index (κ2) is 11.0. The molecule has 2 rings (SSSR count). The summed E-state index contributed by atoms with van der Waals surface area (Å²) in [4.78, 5) is 23.8. The lowest BCUT2D eigenvalue weighted by molar-refractivity contribution is -0.149. The van der Waals surface area contributed by atoms with Crippen LogP contribution in [0.1, 0.15) is 12.5 Å². The van der Waals surface area contributed by atoms with E-state index in [2.05, 4.69) is 10.0 Å². The zero-order valence-corrected chi connectivity index (χ0v) is 18.1. The highest BCUT2D eigenvalue weighted by atomic mass is 35.5. The van der Waals surface area contributed by atoms with Crippen LogP contribution in [0.25, 0.3) is 0 Å². The van der Waals surface area contributed by atoms with Gasteiger partial charge in [0, 0.05) is 11.6 Å². The number of benzene rings is 2. The first-order chi connectivity index (χ1) is 14.2. The average molecular weight is 455 g/mol. The monoisotopic (exact) mass is 454 g/mol. The lowest BCUT2D eigenvalue weighted by atomic mass is 10.1. The molecule has 0 aliphatic heterocycles. The van der Waals surface area contributed by atoms with Crippen LogP contribution in [0.4, 0.5) is 0 Å². The number of hydrogen-bond acceptors (Lipinski definition) is 6. The van der Waals surface area contributed by atoms with Crippen molar-refractivity contribution in [1.82, 2.24) is 10.0 Å². The van der Waals surface area contributed by atoms with Gasteiger partial charge in [0.1, 0.15) is 11.8 Å². The third-order valence-corrected chi connectivity index (χ3v) is 5.86. The summed E-state index contributed by atoms with van der Waals surface area (Å²) in [5.74, 6) is -0.599. The highest BCUT2D eigenvalue weighted by molar-refractivity contribution is 7.89. The highest BCUT2D eigenvalue weighted by Gasteiger charge is 2.23. The Labute approximate surface area is 180 Å². The maximum atomic E-state index is 12.3. The quantitative estimate of drug-likeness (QED) is 0.530. The maximum absolute atomic E-state index is 12.3. The standard InChI is InChI=1S/C20H23ClN2O6S/c1-14(23-30(26,27)18-9-5-16(21)6-10-18)20(25)29-13-19(24)22-12-11-15-3-7-17(28-2)8-4-15/h3-10,14,23H,11-13H2,1-2H3,(H,22,24)/t14-/m0/s1. The minimum absolute atomic E-state index is 0.0391. The molecule has 0 saturated heterocycles. The van der Waals surface area contributed by atoms with Crippen molar-refractivity contribution in [3.63, 3.8) is 0 Å². The number of sulfonamides is 1. The number of halogens is 1. The Morgan fingerprint density at radius 2 is 1.70 bits per heavy atom. The van der Waals surface area contributed by atoms with Crippen molar-refractivity contribution in [3.05, 3.63) is 59.1 Å². The molecule has 0 unspecified atom stereocenters. The van der Waals surface area contributed by atoms with Gasteiger partial charge in [-0.15, -0.1) is 0 Å². The molecule has 8 nitrogen and oxygen atoms in total. The summed E-state index contributed by atoms with van der Waals surface area (Å²) in [6, 6.07) is 11.7. The zero-order valence-electron chi connectivity index (χ0n) is 16.6. The van der Waals surface area contributed by atoms with E-state index in [1.807, 2.05) is 24.3 Å². The molecule has 162 valence electrons. The third kappa shape index (κ3) is 7.33. The molecule has 2 aromatic carbocycles. The normalized spacial score (nSPS) is 12.1. The van der Waals surface area contributed by atoms with Gasteiger partial charge in [-0.2, -0.15) is 4.72 Å². The summed E-state index contributed by atoms with van der Waals surface area (Å²) >= 11 is 5.74. The van der Waals surface area contributed by atoms with Crippen LogP contribution in [-0.2, 0) is 30.8 Å². The van der Waals surface area contributed by atoms with Gasteiger partial charge in [0.2, 0.25) is 10.0 Å². The summed E-state index contributed by atoms with van der Waals surface area (Å²) in [7, 11) is -2.35. The van der Waals surface area contributed by atoms with Gasteiger partial charge in [0.15, 0.2) is 6.61 Å². The Hall–Kier alpha value is -2.62. The van der Waals surface area contributed by atoms with Crippen molar-refractivity contribution in [1.29, 1.82) is 0 Å². The van der Waals surface area contributed by atoms with Gasteiger partial charge in [0.25, 0.3) is 5.91 Å². The molecule has 0 saturated carbocycles. The van der Waals surface area contributed by atoms with E-state index in [4.69, 9.17) is 21.1 Å². The molecule has 0 bridgehead atoms. The first kappa shape index (κ1) is 23.7. The van der Waals surface area contributed by atoms with Crippen molar-refractivity contribution >= 4 is 33.5 Å². The molecular weight excluding hydrogens is 432 g/mol. The number of methoxy groups -OCH3 is 1. The van der Waals surface area contributed by atoms with Crippen molar-refractivity contribution in [2.45, 2.75) is 24.3 Å². The van der Waals surface area contributed by atoms with Crippen LogP contribution in [-0.4, -0.2) is 46.6 Å². The molecule has 10 heteroatoms. The van der Waals surface area contributed by atoms with Crippen LogP contribution in [0.2, 0.25) is 5.02 Å². The van der Waals surface area contributed by atoms with E-state index in [0.29, 0.717) is 18.0 Å². The summed E-state index contributed by atoms with van der Waals surface area (Å²) < 4.78 is 36.7. The van der Waals surface area contributed by atoms with Gasteiger partial charge < -0.3 is 14.8 Å². The van der Waals surface area contributed by atoms with Crippen LogP contribution in [0.5, 0.6) is 5.75 Å². The van der Waals surface area contributed by atoms with Gasteiger partial charge in [-0.25, -0.2) is 8.42 Å². The molecule has 0 radical (unpaired) electrons. The van der Waals surface area contributed by atoms with Crippen molar-refractivity contribution < 1.29 is 27.5 Å². The number of esters is 1. The topological polar surface area (TPSA) is 111 Å². The summed E-state index contributed by atoms with van der Waals surface area (Å²) in [5, 5.41) is 3.02. The summed E-state index contributed by atoms with van der Waals surface area (Å²) in [5.41, 5.74) is 1.01. The van der Waals surface area contributed by atoms with E-state index >= 15 is 0 Å². The number of amides is 1.